The fourth-order valence-electron chi connectivity index (χ4n) is 1.50. The smallest absolute Gasteiger partial charge is 0.122 e. The standard InChI is InChI=1S/C9H10O.C4H10O/c1-2-6-9-8(4-1)5-3-7-10-9;1-3-5-4-2/h1-2,4,6H,3,5,7H2;3-4H2,1-2H3. The van der Waals surface area contributed by atoms with Gasteiger partial charge in [0.25, 0.3) is 0 Å². The van der Waals surface area contributed by atoms with Crippen molar-refractivity contribution in [2.24, 2.45) is 0 Å². The maximum absolute atomic E-state index is 5.42. The first-order valence-corrected chi connectivity index (χ1v) is 5.67. The second-order valence-electron chi connectivity index (χ2n) is 3.34. The van der Waals surface area contributed by atoms with Crippen LogP contribution in [0.2, 0.25) is 0 Å². The molecule has 2 heteroatoms. The summed E-state index contributed by atoms with van der Waals surface area (Å²) in [6.45, 7) is 6.55. The Kier molecular flexibility index (Phi) is 5.86. The van der Waals surface area contributed by atoms with E-state index >= 15 is 0 Å². The van der Waals surface area contributed by atoms with Gasteiger partial charge in [-0.15, -0.1) is 0 Å². The molecule has 0 atom stereocenters. The molecule has 0 unspecified atom stereocenters. The maximum Gasteiger partial charge on any atom is 0.122 e. The molecule has 1 aromatic rings. The lowest BCUT2D eigenvalue weighted by atomic mass is 10.1. The predicted molar refractivity (Wildman–Crippen MR) is 62.4 cm³/mol. The van der Waals surface area contributed by atoms with Crippen LogP contribution in [0.1, 0.15) is 25.8 Å². The average Bonchev–Trinajstić information content (AvgIpc) is 2.31. The van der Waals surface area contributed by atoms with Crippen molar-refractivity contribution in [3.8, 4) is 5.75 Å². The van der Waals surface area contributed by atoms with Gasteiger partial charge in [0, 0.05) is 13.2 Å². The molecule has 0 radical (unpaired) electrons. The average molecular weight is 208 g/mol. The molecule has 15 heavy (non-hydrogen) atoms. The van der Waals surface area contributed by atoms with Crippen LogP contribution in [-0.2, 0) is 11.2 Å². The molecule has 0 fully saturated rings. The van der Waals surface area contributed by atoms with Crippen LogP contribution in [0.15, 0.2) is 24.3 Å². The lowest BCUT2D eigenvalue weighted by Crippen LogP contribution is -2.07. The van der Waals surface area contributed by atoms with Gasteiger partial charge in [-0.05, 0) is 38.3 Å². The molecule has 1 aliphatic rings. The van der Waals surface area contributed by atoms with Gasteiger partial charge >= 0.3 is 0 Å². The minimum atomic E-state index is 0.844. The molecule has 0 aliphatic carbocycles. The molecule has 2 rings (SSSR count). The minimum Gasteiger partial charge on any atom is -0.493 e. The van der Waals surface area contributed by atoms with Gasteiger partial charge in [-0.2, -0.15) is 0 Å². The highest BCUT2D eigenvalue weighted by atomic mass is 16.5. The van der Waals surface area contributed by atoms with Crippen LogP contribution in [0.25, 0.3) is 0 Å². The molecular formula is C13H20O2. The van der Waals surface area contributed by atoms with Gasteiger partial charge in [0.2, 0.25) is 0 Å². The zero-order valence-corrected chi connectivity index (χ0v) is 9.66. The molecule has 0 saturated carbocycles. The van der Waals surface area contributed by atoms with Gasteiger partial charge in [-0.1, -0.05) is 18.2 Å². The van der Waals surface area contributed by atoms with Gasteiger partial charge in [0.1, 0.15) is 5.75 Å². The number of benzene rings is 1. The maximum atomic E-state index is 5.42. The Labute approximate surface area is 92.2 Å². The van der Waals surface area contributed by atoms with Crippen molar-refractivity contribution in [1.29, 1.82) is 0 Å². The van der Waals surface area contributed by atoms with Crippen molar-refractivity contribution in [3.63, 3.8) is 0 Å². The van der Waals surface area contributed by atoms with Crippen molar-refractivity contribution < 1.29 is 9.47 Å². The van der Waals surface area contributed by atoms with E-state index in [4.69, 9.17) is 9.47 Å². The molecule has 84 valence electrons. The highest BCUT2D eigenvalue weighted by molar-refractivity contribution is 5.34. The Bertz CT molecular complexity index is 244. The third-order valence-corrected chi connectivity index (χ3v) is 2.23. The van der Waals surface area contributed by atoms with E-state index in [1.165, 1.54) is 12.0 Å². The summed E-state index contributed by atoms with van der Waals surface area (Å²) < 4.78 is 10.3. The highest BCUT2D eigenvalue weighted by Gasteiger charge is 2.06. The summed E-state index contributed by atoms with van der Waals surface area (Å²) in [5, 5.41) is 0. The Morgan fingerprint density at radius 2 is 1.93 bits per heavy atom. The van der Waals surface area contributed by atoms with E-state index in [-0.39, 0.29) is 0 Å². The van der Waals surface area contributed by atoms with E-state index in [1.807, 2.05) is 26.0 Å². The van der Waals surface area contributed by atoms with E-state index in [2.05, 4.69) is 12.1 Å². The molecule has 2 nitrogen and oxygen atoms in total. The van der Waals surface area contributed by atoms with Crippen molar-refractivity contribution in [1.82, 2.24) is 0 Å². The Balaban J connectivity index is 0.000000195. The monoisotopic (exact) mass is 208 g/mol. The zero-order valence-electron chi connectivity index (χ0n) is 9.66. The van der Waals surface area contributed by atoms with Crippen LogP contribution in [0.4, 0.5) is 0 Å². The van der Waals surface area contributed by atoms with Gasteiger partial charge in [0.15, 0.2) is 0 Å². The first-order valence-electron chi connectivity index (χ1n) is 5.67. The van der Waals surface area contributed by atoms with Crippen molar-refractivity contribution in [3.05, 3.63) is 29.8 Å². The van der Waals surface area contributed by atoms with E-state index in [0.29, 0.717) is 0 Å². The van der Waals surface area contributed by atoms with Crippen molar-refractivity contribution in [2.45, 2.75) is 26.7 Å². The molecule has 0 saturated heterocycles. The SMILES string of the molecule is CCOCC.c1ccc2c(c1)CCCO2. The summed E-state index contributed by atoms with van der Waals surface area (Å²) in [7, 11) is 0. The summed E-state index contributed by atoms with van der Waals surface area (Å²) in [5.41, 5.74) is 1.36. The molecule has 1 aromatic carbocycles. The van der Waals surface area contributed by atoms with Crippen LogP contribution >= 0.6 is 0 Å². The van der Waals surface area contributed by atoms with Crippen molar-refractivity contribution in [2.75, 3.05) is 19.8 Å². The van der Waals surface area contributed by atoms with E-state index in [0.717, 1.165) is 32.0 Å². The summed E-state index contributed by atoms with van der Waals surface area (Å²) in [4.78, 5) is 0. The Hall–Kier alpha value is -1.02. The lowest BCUT2D eigenvalue weighted by molar-refractivity contribution is 0.162. The van der Waals surface area contributed by atoms with Crippen LogP contribution in [0.5, 0.6) is 5.75 Å². The fraction of sp³-hybridized carbons (Fsp3) is 0.538. The molecule has 0 spiro atoms. The molecule has 0 bridgehead atoms. The molecule has 1 aliphatic heterocycles. The Morgan fingerprint density at radius 3 is 2.53 bits per heavy atom. The van der Waals surface area contributed by atoms with Crippen LogP contribution < -0.4 is 4.74 Å². The second kappa shape index (κ2) is 7.30. The predicted octanol–water partition coefficient (Wildman–Crippen LogP) is 3.05. The fourth-order valence-corrected chi connectivity index (χ4v) is 1.50. The Morgan fingerprint density at radius 1 is 1.20 bits per heavy atom. The quantitative estimate of drug-likeness (QED) is 0.743. The minimum absolute atomic E-state index is 0.844. The zero-order chi connectivity index (χ0) is 10.9. The molecule has 0 amide bonds. The van der Waals surface area contributed by atoms with E-state index in [9.17, 15) is 0 Å². The molecular weight excluding hydrogens is 188 g/mol. The summed E-state index contributed by atoms with van der Waals surface area (Å²) in [6.07, 6.45) is 2.34. The first kappa shape index (κ1) is 12.1. The van der Waals surface area contributed by atoms with Gasteiger partial charge < -0.3 is 9.47 Å². The third-order valence-electron chi connectivity index (χ3n) is 2.23. The summed E-state index contributed by atoms with van der Waals surface area (Å²) in [6, 6.07) is 8.25. The number of ether oxygens (including phenoxy) is 2. The molecule has 0 aromatic heterocycles. The van der Waals surface area contributed by atoms with Crippen LogP contribution in [0.3, 0.4) is 0 Å². The molecule has 1 heterocycles. The normalized spacial score (nSPS) is 13.2. The van der Waals surface area contributed by atoms with Gasteiger partial charge in [-0.25, -0.2) is 0 Å². The van der Waals surface area contributed by atoms with Crippen LogP contribution in [0, 0.1) is 0 Å². The van der Waals surface area contributed by atoms with Crippen LogP contribution in [-0.4, -0.2) is 19.8 Å². The number of hydrogen-bond donors (Lipinski definition) is 0. The van der Waals surface area contributed by atoms with Gasteiger partial charge in [0.05, 0.1) is 6.61 Å². The molecule has 0 N–H and O–H groups in total. The number of aryl methyl sites for hydroxylation is 1. The van der Waals surface area contributed by atoms with Crippen molar-refractivity contribution >= 4 is 0 Å². The van der Waals surface area contributed by atoms with E-state index < -0.39 is 0 Å². The number of rotatable bonds is 2. The van der Waals surface area contributed by atoms with E-state index in [1.54, 1.807) is 0 Å². The lowest BCUT2D eigenvalue weighted by Gasteiger charge is -2.15. The summed E-state index contributed by atoms with van der Waals surface area (Å²) >= 11 is 0. The summed E-state index contributed by atoms with van der Waals surface area (Å²) in [5.74, 6) is 1.08. The highest BCUT2D eigenvalue weighted by Crippen LogP contribution is 2.22. The largest absolute Gasteiger partial charge is 0.493 e. The first-order chi connectivity index (χ1) is 7.38. The second-order valence-corrected chi connectivity index (χ2v) is 3.34. The number of hydrogen-bond acceptors (Lipinski definition) is 2. The van der Waals surface area contributed by atoms with Gasteiger partial charge in [-0.3, -0.25) is 0 Å². The number of para-hydroxylation sites is 1. The third kappa shape index (κ3) is 4.34. The number of fused-ring (bicyclic) bond motifs is 1. The topological polar surface area (TPSA) is 18.5 Å².